The Morgan fingerprint density at radius 1 is 1.63 bits per heavy atom. The van der Waals surface area contributed by atoms with E-state index in [2.05, 4.69) is 5.10 Å². The first-order valence-corrected chi connectivity index (χ1v) is 7.22. The van der Waals surface area contributed by atoms with E-state index in [0.717, 1.165) is 16.9 Å². The Hall–Kier alpha value is -1.33. The summed E-state index contributed by atoms with van der Waals surface area (Å²) in [6.45, 7) is 0.312. The van der Waals surface area contributed by atoms with Gasteiger partial charge in [0, 0.05) is 24.0 Å². The van der Waals surface area contributed by atoms with Gasteiger partial charge in [0.15, 0.2) is 0 Å². The zero-order valence-electron chi connectivity index (χ0n) is 10.4. The van der Waals surface area contributed by atoms with Crippen LogP contribution in [0.5, 0.6) is 0 Å². The fraction of sp³-hybridized carbons (Fsp3) is 0.385. The molecule has 2 aromatic rings. The van der Waals surface area contributed by atoms with E-state index in [1.54, 1.807) is 4.68 Å². The van der Waals surface area contributed by atoms with Crippen LogP contribution in [0.2, 0.25) is 4.34 Å². The van der Waals surface area contributed by atoms with Gasteiger partial charge in [-0.05, 0) is 24.1 Å². The van der Waals surface area contributed by atoms with Crippen LogP contribution < -0.4 is 0 Å². The van der Waals surface area contributed by atoms with Crippen LogP contribution in [0.3, 0.4) is 0 Å². The van der Waals surface area contributed by atoms with E-state index in [9.17, 15) is 4.79 Å². The molecule has 2 unspecified atom stereocenters. The molecule has 0 N–H and O–H groups in total. The highest BCUT2D eigenvalue weighted by molar-refractivity contribution is 7.16. The van der Waals surface area contributed by atoms with E-state index >= 15 is 0 Å². The van der Waals surface area contributed by atoms with Crippen LogP contribution in [0, 0.1) is 5.92 Å². The molecule has 6 heteroatoms. The van der Waals surface area contributed by atoms with E-state index in [1.807, 2.05) is 31.6 Å². The Labute approximate surface area is 119 Å². The molecule has 0 saturated heterocycles. The lowest BCUT2D eigenvalue weighted by molar-refractivity contribution is -0.146. The first-order chi connectivity index (χ1) is 9.13. The number of thiophene rings is 1. The maximum Gasteiger partial charge on any atom is 0.309 e. The molecule has 100 valence electrons. The Morgan fingerprint density at radius 2 is 2.47 bits per heavy atom. The van der Waals surface area contributed by atoms with Gasteiger partial charge in [-0.25, -0.2) is 0 Å². The normalized spacial score (nSPS) is 21.4. The van der Waals surface area contributed by atoms with Gasteiger partial charge in [-0.2, -0.15) is 5.10 Å². The van der Waals surface area contributed by atoms with Gasteiger partial charge < -0.3 is 4.74 Å². The monoisotopic (exact) mass is 296 g/mol. The molecule has 1 saturated carbocycles. The zero-order chi connectivity index (χ0) is 13.4. The third-order valence-electron chi connectivity index (χ3n) is 3.23. The minimum absolute atomic E-state index is 0.0142. The third kappa shape index (κ3) is 2.82. The molecule has 3 rings (SSSR count). The SMILES string of the molecule is Cn1cc(C2CC2C(=O)OCc2ccc(Cl)s2)cn1. The van der Waals surface area contributed by atoms with Crippen molar-refractivity contribution in [2.75, 3.05) is 0 Å². The minimum Gasteiger partial charge on any atom is -0.460 e. The summed E-state index contributed by atoms with van der Waals surface area (Å²) in [7, 11) is 1.87. The smallest absolute Gasteiger partial charge is 0.309 e. The Kier molecular flexibility index (Phi) is 3.33. The molecular formula is C13H13ClN2O2S. The summed E-state index contributed by atoms with van der Waals surface area (Å²) in [4.78, 5) is 12.9. The van der Waals surface area contributed by atoms with Crippen LogP contribution in [0.1, 0.15) is 22.8 Å². The molecule has 1 aliphatic carbocycles. The molecule has 0 amide bonds. The number of aryl methyl sites for hydroxylation is 1. The number of carbonyl (C=O) groups excluding carboxylic acids is 1. The van der Waals surface area contributed by atoms with Crippen LogP contribution in [-0.4, -0.2) is 15.7 Å². The predicted octanol–water partition coefficient (Wildman–Crippen LogP) is 2.98. The van der Waals surface area contributed by atoms with Crippen molar-refractivity contribution in [3.8, 4) is 0 Å². The van der Waals surface area contributed by atoms with E-state index in [1.165, 1.54) is 11.3 Å². The summed E-state index contributed by atoms with van der Waals surface area (Å²) in [5, 5.41) is 4.12. The lowest BCUT2D eigenvalue weighted by Gasteiger charge is -2.01. The van der Waals surface area contributed by atoms with Crippen molar-refractivity contribution in [2.45, 2.75) is 18.9 Å². The molecule has 0 bridgehead atoms. The van der Waals surface area contributed by atoms with Crippen molar-refractivity contribution in [1.29, 1.82) is 0 Å². The molecule has 2 heterocycles. The van der Waals surface area contributed by atoms with Crippen LogP contribution >= 0.6 is 22.9 Å². The molecular weight excluding hydrogens is 284 g/mol. The molecule has 19 heavy (non-hydrogen) atoms. The number of esters is 1. The second kappa shape index (κ2) is 4.98. The Morgan fingerprint density at radius 3 is 3.11 bits per heavy atom. The molecule has 2 atom stereocenters. The summed E-state index contributed by atoms with van der Waals surface area (Å²) in [6.07, 6.45) is 4.63. The number of nitrogens with zero attached hydrogens (tertiary/aromatic N) is 2. The number of hydrogen-bond acceptors (Lipinski definition) is 4. The number of halogens is 1. The second-order valence-electron chi connectivity index (χ2n) is 4.71. The fourth-order valence-corrected chi connectivity index (χ4v) is 3.13. The molecule has 0 radical (unpaired) electrons. The first kappa shape index (κ1) is 12.7. The predicted molar refractivity (Wildman–Crippen MR) is 73.2 cm³/mol. The minimum atomic E-state index is -0.127. The molecule has 0 aromatic carbocycles. The molecule has 4 nitrogen and oxygen atoms in total. The van der Waals surface area contributed by atoms with Crippen molar-refractivity contribution in [3.05, 3.63) is 39.3 Å². The maximum absolute atomic E-state index is 11.9. The highest BCUT2D eigenvalue weighted by Gasteiger charge is 2.45. The van der Waals surface area contributed by atoms with Crippen LogP contribution in [0.15, 0.2) is 24.5 Å². The number of ether oxygens (including phenoxy) is 1. The summed E-state index contributed by atoms with van der Waals surface area (Å²) >= 11 is 7.26. The first-order valence-electron chi connectivity index (χ1n) is 6.03. The Bertz CT molecular complexity index is 607. The molecule has 0 aliphatic heterocycles. The lowest BCUT2D eigenvalue weighted by atomic mass is 10.2. The largest absolute Gasteiger partial charge is 0.460 e. The number of rotatable bonds is 4. The average molecular weight is 297 g/mol. The number of aromatic nitrogens is 2. The summed E-state index contributed by atoms with van der Waals surface area (Å²) < 4.78 is 7.78. The van der Waals surface area contributed by atoms with Gasteiger partial charge in [0.25, 0.3) is 0 Å². The van der Waals surface area contributed by atoms with Crippen LogP contribution in [0.25, 0.3) is 0 Å². The van der Waals surface area contributed by atoms with E-state index in [0.29, 0.717) is 10.9 Å². The van der Waals surface area contributed by atoms with Crippen molar-refractivity contribution < 1.29 is 9.53 Å². The maximum atomic E-state index is 11.9. The van der Waals surface area contributed by atoms with Crippen LogP contribution in [0.4, 0.5) is 0 Å². The molecule has 0 spiro atoms. The van der Waals surface area contributed by atoms with Gasteiger partial charge in [-0.3, -0.25) is 9.48 Å². The van der Waals surface area contributed by atoms with Crippen molar-refractivity contribution in [2.24, 2.45) is 13.0 Å². The number of carbonyl (C=O) groups is 1. The van der Waals surface area contributed by atoms with E-state index < -0.39 is 0 Å². The zero-order valence-corrected chi connectivity index (χ0v) is 11.9. The van der Waals surface area contributed by atoms with Gasteiger partial charge in [0.05, 0.1) is 16.5 Å². The molecule has 1 fully saturated rings. The second-order valence-corrected chi connectivity index (χ2v) is 6.51. The average Bonchev–Trinajstić information content (AvgIpc) is 2.90. The quantitative estimate of drug-likeness (QED) is 0.815. The summed E-state index contributed by atoms with van der Waals surface area (Å²) in [5.41, 5.74) is 1.11. The van der Waals surface area contributed by atoms with Crippen LogP contribution in [-0.2, 0) is 23.2 Å². The van der Waals surface area contributed by atoms with Crippen molar-refractivity contribution in [1.82, 2.24) is 9.78 Å². The topological polar surface area (TPSA) is 44.1 Å². The van der Waals surface area contributed by atoms with Crippen molar-refractivity contribution in [3.63, 3.8) is 0 Å². The number of hydrogen-bond donors (Lipinski definition) is 0. The van der Waals surface area contributed by atoms with E-state index in [4.69, 9.17) is 16.3 Å². The molecule has 2 aromatic heterocycles. The van der Waals surface area contributed by atoms with Gasteiger partial charge >= 0.3 is 5.97 Å². The molecule has 1 aliphatic rings. The van der Waals surface area contributed by atoms with E-state index in [-0.39, 0.29) is 17.8 Å². The van der Waals surface area contributed by atoms with Crippen molar-refractivity contribution >= 4 is 28.9 Å². The standard InChI is InChI=1S/C13H13ClN2O2S/c1-16-6-8(5-15-16)10-4-11(10)13(17)18-7-9-2-3-12(14)19-9/h2-3,5-6,10-11H,4,7H2,1H3. The van der Waals surface area contributed by atoms with Gasteiger partial charge in [0.2, 0.25) is 0 Å². The Balaban J connectivity index is 1.52. The third-order valence-corrected chi connectivity index (χ3v) is 4.44. The summed E-state index contributed by atoms with van der Waals surface area (Å²) in [6, 6.07) is 3.69. The van der Waals surface area contributed by atoms with Gasteiger partial charge in [-0.15, -0.1) is 11.3 Å². The van der Waals surface area contributed by atoms with Gasteiger partial charge in [-0.1, -0.05) is 11.6 Å². The lowest BCUT2D eigenvalue weighted by Crippen LogP contribution is -2.07. The highest BCUT2D eigenvalue weighted by Crippen LogP contribution is 2.48. The fourth-order valence-electron chi connectivity index (χ4n) is 2.13. The van der Waals surface area contributed by atoms with Gasteiger partial charge in [0.1, 0.15) is 6.61 Å². The summed E-state index contributed by atoms with van der Waals surface area (Å²) in [5.74, 6) is 0.131. The highest BCUT2D eigenvalue weighted by atomic mass is 35.5.